The van der Waals surface area contributed by atoms with Crippen LogP contribution < -0.4 is 0 Å². The smallest absolute Gasteiger partial charge is 0.123 e. The van der Waals surface area contributed by atoms with Gasteiger partial charge in [0.05, 0.1) is 12.2 Å². The van der Waals surface area contributed by atoms with Gasteiger partial charge in [0.2, 0.25) is 0 Å². The highest BCUT2D eigenvalue weighted by molar-refractivity contribution is 5.24. The van der Waals surface area contributed by atoms with Gasteiger partial charge in [-0.15, -0.1) is 6.58 Å². The average Bonchev–Trinajstić information content (AvgIpc) is 2.56. The predicted octanol–water partition coefficient (Wildman–Crippen LogP) is 2.20. The Bertz CT molecular complexity index is 489. The van der Waals surface area contributed by atoms with Crippen molar-refractivity contribution >= 4 is 0 Å². The standard InChI is InChI=1S/C18H25N3O/c1-2-3-9-17(22)15-20-10-12-21(13-11-20)18(14-19)16-7-5-4-6-8-16/h2,4-8,17-18,22H,1,3,9-13,15H2. The molecule has 0 aliphatic carbocycles. The van der Waals surface area contributed by atoms with E-state index in [2.05, 4.69) is 22.4 Å². The minimum absolute atomic E-state index is 0.172. The minimum atomic E-state index is -0.287. The van der Waals surface area contributed by atoms with Crippen molar-refractivity contribution in [3.05, 3.63) is 48.6 Å². The normalized spacial score (nSPS) is 19.3. The topological polar surface area (TPSA) is 50.5 Å². The Morgan fingerprint density at radius 2 is 1.91 bits per heavy atom. The summed E-state index contributed by atoms with van der Waals surface area (Å²) < 4.78 is 0. The van der Waals surface area contributed by atoms with E-state index in [0.717, 1.165) is 44.6 Å². The lowest BCUT2D eigenvalue weighted by molar-refractivity contribution is 0.0616. The maximum absolute atomic E-state index is 9.98. The van der Waals surface area contributed by atoms with Crippen LogP contribution in [-0.4, -0.2) is 53.7 Å². The fourth-order valence-corrected chi connectivity index (χ4v) is 2.91. The Morgan fingerprint density at radius 1 is 1.23 bits per heavy atom. The molecule has 1 aromatic carbocycles. The van der Waals surface area contributed by atoms with Crippen LogP contribution in [-0.2, 0) is 0 Å². The van der Waals surface area contributed by atoms with Crippen LogP contribution in [0.15, 0.2) is 43.0 Å². The number of rotatable bonds is 7. The van der Waals surface area contributed by atoms with Gasteiger partial charge in [-0.2, -0.15) is 5.26 Å². The molecule has 4 nitrogen and oxygen atoms in total. The molecule has 0 spiro atoms. The minimum Gasteiger partial charge on any atom is -0.392 e. The lowest BCUT2D eigenvalue weighted by atomic mass is 10.1. The third kappa shape index (κ3) is 4.67. The van der Waals surface area contributed by atoms with E-state index in [1.807, 2.05) is 36.4 Å². The highest BCUT2D eigenvalue weighted by atomic mass is 16.3. The SMILES string of the molecule is C=CCCC(O)CN1CCN(C(C#N)c2ccccc2)CC1. The van der Waals surface area contributed by atoms with Crippen molar-refractivity contribution in [2.75, 3.05) is 32.7 Å². The van der Waals surface area contributed by atoms with Crippen molar-refractivity contribution in [2.45, 2.75) is 25.0 Å². The fourth-order valence-electron chi connectivity index (χ4n) is 2.91. The Balaban J connectivity index is 1.83. The third-order valence-corrected chi connectivity index (χ3v) is 4.18. The summed E-state index contributed by atoms with van der Waals surface area (Å²) >= 11 is 0. The molecule has 1 saturated heterocycles. The molecule has 0 saturated carbocycles. The molecule has 4 heteroatoms. The van der Waals surface area contributed by atoms with Crippen LogP contribution >= 0.6 is 0 Å². The van der Waals surface area contributed by atoms with Crippen LogP contribution in [0.4, 0.5) is 0 Å². The summed E-state index contributed by atoms with van der Waals surface area (Å²) in [6.45, 7) is 7.92. The van der Waals surface area contributed by atoms with Gasteiger partial charge in [-0.25, -0.2) is 0 Å². The zero-order valence-electron chi connectivity index (χ0n) is 13.1. The number of piperazine rings is 1. The number of hydrogen-bond acceptors (Lipinski definition) is 4. The van der Waals surface area contributed by atoms with Crippen molar-refractivity contribution in [2.24, 2.45) is 0 Å². The van der Waals surface area contributed by atoms with Gasteiger partial charge in [-0.05, 0) is 18.4 Å². The molecule has 0 amide bonds. The van der Waals surface area contributed by atoms with Crippen molar-refractivity contribution in [1.29, 1.82) is 5.26 Å². The summed E-state index contributed by atoms with van der Waals surface area (Å²) in [4.78, 5) is 4.51. The molecule has 1 aliphatic heterocycles. The molecule has 0 bridgehead atoms. The summed E-state index contributed by atoms with van der Waals surface area (Å²) in [5.41, 5.74) is 1.06. The van der Waals surface area contributed by atoms with E-state index in [1.54, 1.807) is 0 Å². The molecule has 0 radical (unpaired) electrons. The van der Waals surface area contributed by atoms with E-state index >= 15 is 0 Å². The van der Waals surface area contributed by atoms with E-state index in [1.165, 1.54) is 0 Å². The summed E-state index contributed by atoms with van der Waals surface area (Å²) in [5, 5.41) is 19.5. The molecule has 1 aromatic rings. The van der Waals surface area contributed by atoms with Gasteiger partial charge in [0, 0.05) is 32.7 Å². The van der Waals surface area contributed by atoms with Gasteiger partial charge in [0.1, 0.15) is 6.04 Å². The Kier molecular flexibility index (Phi) is 6.60. The number of aliphatic hydroxyl groups is 1. The maximum Gasteiger partial charge on any atom is 0.123 e. The van der Waals surface area contributed by atoms with Crippen molar-refractivity contribution in [3.63, 3.8) is 0 Å². The monoisotopic (exact) mass is 299 g/mol. The summed E-state index contributed by atoms with van der Waals surface area (Å²) in [5.74, 6) is 0. The van der Waals surface area contributed by atoms with Crippen LogP contribution in [0.2, 0.25) is 0 Å². The molecule has 2 rings (SSSR count). The summed E-state index contributed by atoms with van der Waals surface area (Å²) in [6.07, 6.45) is 3.18. The zero-order valence-corrected chi connectivity index (χ0v) is 13.1. The van der Waals surface area contributed by atoms with Crippen LogP contribution in [0, 0.1) is 11.3 Å². The number of β-amino-alcohol motifs (C(OH)–C–C–N with tert-alkyl or cyclic N) is 1. The molecule has 2 atom stereocenters. The first kappa shape index (κ1) is 16.7. The molecule has 2 unspecified atom stereocenters. The molecule has 1 N–H and O–H groups in total. The first-order chi connectivity index (χ1) is 10.7. The second-order valence-corrected chi connectivity index (χ2v) is 5.80. The van der Waals surface area contributed by atoms with Crippen LogP contribution in [0.5, 0.6) is 0 Å². The van der Waals surface area contributed by atoms with Crippen molar-refractivity contribution in [3.8, 4) is 6.07 Å². The van der Waals surface area contributed by atoms with Crippen LogP contribution in [0.1, 0.15) is 24.4 Å². The van der Waals surface area contributed by atoms with Crippen LogP contribution in [0.25, 0.3) is 0 Å². The maximum atomic E-state index is 9.98. The van der Waals surface area contributed by atoms with E-state index in [-0.39, 0.29) is 12.1 Å². The average molecular weight is 299 g/mol. The number of nitrogens with zero attached hydrogens (tertiary/aromatic N) is 3. The number of allylic oxidation sites excluding steroid dienone is 1. The molecular weight excluding hydrogens is 274 g/mol. The number of nitriles is 1. The molecule has 1 aliphatic rings. The lowest BCUT2D eigenvalue weighted by Gasteiger charge is -2.37. The zero-order chi connectivity index (χ0) is 15.8. The number of aliphatic hydroxyl groups excluding tert-OH is 1. The highest BCUT2D eigenvalue weighted by Gasteiger charge is 2.25. The van der Waals surface area contributed by atoms with Crippen LogP contribution in [0.3, 0.4) is 0 Å². The van der Waals surface area contributed by atoms with Crippen molar-refractivity contribution in [1.82, 2.24) is 9.80 Å². The third-order valence-electron chi connectivity index (χ3n) is 4.18. The molecular formula is C18H25N3O. The first-order valence-electron chi connectivity index (χ1n) is 7.94. The molecule has 0 aromatic heterocycles. The Morgan fingerprint density at radius 3 is 2.50 bits per heavy atom. The molecule has 1 heterocycles. The van der Waals surface area contributed by atoms with Crippen molar-refractivity contribution < 1.29 is 5.11 Å². The molecule has 118 valence electrons. The summed E-state index contributed by atoms with van der Waals surface area (Å²) in [6, 6.07) is 12.2. The van der Waals surface area contributed by atoms with Gasteiger partial charge in [0.15, 0.2) is 0 Å². The highest BCUT2D eigenvalue weighted by Crippen LogP contribution is 2.21. The van der Waals surface area contributed by atoms with Gasteiger partial charge in [0.25, 0.3) is 0 Å². The van der Waals surface area contributed by atoms with Gasteiger partial charge >= 0.3 is 0 Å². The van der Waals surface area contributed by atoms with Gasteiger partial charge in [-0.1, -0.05) is 36.4 Å². The molecule has 1 fully saturated rings. The molecule has 22 heavy (non-hydrogen) atoms. The second kappa shape index (κ2) is 8.70. The van der Waals surface area contributed by atoms with E-state index < -0.39 is 0 Å². The number of benzene rings is 1. The van der Waals surface area contributed by atoms with Gasteiger partial charge in [-0.3, -0.25) is 9.80 Å². The first-order valence-corrected chi connectivity index (χ1v) is 7.94. The second-order valence-electron chi connectivity index (χ2n) is 5.80. The van der Waals surface area contributed by atoms with Gasteiger partial charge < -0.3 is 5.11 Å². The number of hydrogen-bond donors (Lipinski definition) is 1. The largest absolute Gasteiger partial charge is 0.392 e. The van der Waals surface area contributed by atoms with E-state index in [4.69, 9.17) is 0 Å². The summed E-state index contributed by atoms with van der Waals surface area (Å²) in [7, 11) is 0. The predicted molar refractivity (Wildman–Crippen MR) is 88.2 cm³/mol. The lowest BCUT2D eigenvalue weighted by Crippen LogP contribution is -2.49. The van der Waals surface area contributed by atoms with E-state index in [0.29, 0.717) is 6.54 Å². The fraction of sp³-hybridized carbons (Fsp3) is 0.500. The van der Waals surface area contributed by atoms with E-state index in [9.17, 15) is 10.4 Å². The Hall–Kier alpha value is -1.67. The Labute approximate surface area is 133 Å². The quantitative estimate of drug-likeness (QED) is 0.784.